The van der Waals surface area contributed by atoms with E-state index in [1.807, 2.05) is 6.07 Å². The first-order valence-corrected chi connectivity index (χ1v) is 6.90. The molecule has 0 saturated heterocycles. The minimum Gasteiger partial charge on any atom is -0.384 e. The summed E-state index contributed by atoms with van der Waals surface area (Å²) in [6, 6.07) is 4.21. The summed E-state index contributed by atoms with van der Waals surface area (Å²) in [5, 5.41) is 7.29. The molecule has 1 aromatic rings. The van der Waals surface area contributed by atoms with Crippen molar-refractivity contribution in [3.63, 3.8) is 0 Å². The van der Waals surface area contributed by atoms with Crippen molar-refractivity contribution in [2.24, 2.45) is 11.8 Å². The molecular formula is C13H18N4S. The average Bonchev–Trinajstić information content (AvgIpc) is 2.94. The maximum atomic E-state index is 5.54. The first-order valence-electron chi connectivity index (χ1n) is 6.50. The zero-order valence-electron chi connectivity index (χ0n) is 10.2. The minimum atomic E-state index is 0.521. The number of aromatic nitrogens is 1. The molecule has 1 heterocycles. The molecule has 0 aromatic carbocycles. The van der Waals surface area contributed by atoms with E-state index in [2.05, 4.69) is 15.6 Å². The molecule has 2 aliphatic rings. The van der Waals surface area contributed by atoms with Crippen molar-refractivity contribution in [3.05, 3.63) is 18.3 Å². The summed E-state index contributed by atoms with van der Waals surface area (Å²) < 4.78 is 0. The van der Waals surface area contributed by atoms with Gasteiger partial charge in [0.2, 0.25) is 0 Å². The standard InChI is InChI=1S/C13H18N4S/c14-12-4-3-10(7-15-12)16-13(18)17-11-6-8-1-2-9(11)5-8/h3-4,7-9,11H,1-2,5-6H2,(H2,14,15)(H2,16,17,18)/t8-,9-,11-/m0/s1. The molecule has 2 bridgehead atoms. The lowest BCUT2D eigenvalue weighted by atomic mass is 9.96. The molecule has 4 nitrogen and oxygen atoms in total. The molecule has 1 aromatic heterocycles. The van der Waals surface area contributed by atoms with Crippen LogP contribution in [0.4, 0.5) is 11.5 Å². The van der Waals surface area contributed by atoms with Crippen molar-refractivity contribution in [2.75, 3.05) is 11.1 Å². The topological polar surface area (TPSA) is 63.0 Å². The van der Waals surface area contributed by atoms with Gasteiger partial charge in [-0.1, -0.05) is 6.42 Å². The van der Waals surface area contributed by atoms with Crippen molar-refractivity contribution in [2.45, 2.75) is 31.7 Å². The summed E-state index contributed by atoms with van der Waals surface area (Å²) >= 11 is 5.34. The molecule has 0 amide bonds. The fraction of sp³-hybridized carbons (Fsp3) is 0.538. The van der Waals surface area contributed by atoms with Crippen LogP contribution >= 0.6 is 12.2 Å². The molecule has 0 unspecified atom stereocenters. The largest absolute Gasteiger partial charge is 0.384 e. The molecule has 96 valence electrons. The molecule has 0 aliphatic heterocycles. The third-order valence-corrected chi connectivity index (χ3v) is 4.32. The highest BCUT2D eigenvalue weighted by atomic mass is 32.1. The first-order chi connectivity index (χ1) is 8.70. The van der Waals surface area contributed by atoms with Crippen molar-refractivity contribution in [3.8, 4) is 0 Å². The number of pyridine rings is 1. The Kier molecular flexibility index (Phi) is 3.07. The van der Waals surface area contributed by atoms with E-state index in [1.54, 1.807) is 12.3 Å². The highest BCUT2D eigenvalue weighted by molar-refractivity contribution is 7.80. The van der Waals surface area contributed by atoms with Crippen LogP contribution in [0.3, 0.4) is 0 Å². The second kappa shape index (κ2) is 4.72. The van der Waals surface area contributed by atoms with Crippen molar-refractivity contribution >= 4 is 28.8 Å². The zero-order chi connectivity index (χ0) is 12.5. The number of nitrogens with two attached hydrogens (primary N) is 1. The van der Waals surface area contributed by atoms with Crippen LogP contribution in [0.1, 0.15) is 25.7 Å². The summed E-state index contributed by atoms with van der Waals surface area (Å²) in [4.78, 5) is 4.03. The van der Waals surface area contributed by atoms with E-state index in [4.69, 9.17) is 18.0 Å². The van der Waals surface area contributed by atoms with Crippen LogP contribution in [-0.4, -0.2) is 16.1 Å². The van der Waals surface area contributed by atoms with Gasteiger partial charge in [-0.05, 0) is 55.4 Å². The normalized spacial score (nSPS) is 29.2. The third-order valence-electron chi connectivity index (χ3n) is 4.10. The number of nitrogens with zero attached hydrogens (tertiary/aromatic N) is 1. The van der Waals surface area contributed by atoms with Crippen LogP contribution in [0.2, 0.25) is 0 Å². The number of nitrogens with one attached hydrogen (secondary N) is 2. The van der Waals surface area contributed by atoms with Gasteiger partial charge in [0.15, 0.2) is 5.11 Å². The highest BCUT2D eigenvalue weighted by Gasteiger charge is 2.39. The Hall–Kier alpha value is -1.36. The van der Waals surface area contributed by atoms with E-state index in [-0.39, 0.29) is 0 Å². The van der Waals surface area contributed by atoms with Crippen LogP contribution in [-0.2, 0) is 0 Å². The second-order valence-corrected chi connectivity index (χ2v) is 5.76. The number of fused-ring (bicyclic) bond motifs is 2. The molecule has 2 saturated carbocycles. The summed E-state index contributed by atoms with van der Waals surface area (Å²) in [5.74, 6) is 2.26. The third kappa shape index (κ3) is 2.41. The Morgan fingerprint density at radius 1 is 1.33 bits per heavy atom. The fourth-order valence-corrected chi connectivity index (χ4v) is 3.51. The number of anilines is 2. The second-order valence-electron chi connectivity index (χ2n) is 5.35. The van der Waals surface area contributed by atoms with Crippen LogP contribution in [0.5, 0.6) is 0 Å². The summed E-state index contributed by atoms with van der Waals surface area (Å²) in [5.41, 5.74) is 6.42. The van der Waals surface area contributed by atoms with Gasteiger partial charge >= 0.3 is 0 Å². The SMILES string of the molecule is Nc1ccc(NC(=S)N[C@H]2C[C@H]3CC[C@H]2C3)cn1. The quantitative estimate of drug-likeness (QED) is 0.713. The van der Waals surface area contributed by atoms with Crippen LogP contribution in [0, 0.1) is 11.8 Å². The van der Waals surface area contributed by atoms with Crippen LogP contribution in [0.25, 0.3) is 0 Å². The number of hydrogen-bond acceptors (Lipinski definition) is 3. The lowest BCUT2D eigenvalue weighted by Gasteiger charge is -2.24. The molecule has 18 heavy (non-hydrogen) atoms. The van der Waals surface area contributed by atoms with Gasteiger partial charge in [0.05, 0.1) is 11.9 Å². The molecule has 5 heteroatoms. The molecule has 4 N–H and O–H groups in total. The number of nitrogen functional groups attached to an aromatic ring is 1. The molecule has 0 radical (unpaired) electrons. The maximum absolute atomic E-state index is 5.54. The summed E-state index contributed by atoms with van der Waals surface area (Å²) in [6.07, 6.45) is 7.11. The first kappa shape index (κ1) is 11.7. The van der Waals surface area contributed by atoms with Crippen molar-refractivity contribution in [1.29, 1.82) is 0 Å². The maximum Gasteiger partial charge on any atom is 0.171 e. The van der Waals surface area contributed by atoms with E-state index in [9.17, 15) is 0 Å². The van der Waals surface area contributed by atoms with Gasteiger partial charge in [-0.2, -0.15) is 0 Å². The Balaban J connectivity index is 1.54. The van der Waals surface area contributed by atoms with Crippen molar-refractivity contribution in [1.82, 2.24) is 10.3 Å². The van der Waals surface area contributed by atoms with Gasteiger partial charge in [0, 0.05) is 6.04 Å². The van der Waals surface area contributed by atoms with E-state index < -0.39 is 0 Å². The number of rotatable bonds is 2. The molecule has 2 fully saturated rings. The van der Waals surface area contributed by atoms with E-state index in [1.165, 1.54) is 25.7 Å². The lowest BCUT2D eigenvalue weighted by Crippen LogP contribution is -2.40. The average molecular weight is 262 g/mol. The van der Waals surface area contributed by atoms with Gasteiger partial charge < -0.3 is 16.4 Å². The molecule has 0 spiro atoms. The van der Waals surface area contributed by atoms with Gasteiger partial charge in [0.25, 0.3) is 0 Å². The minimum absolute atomic E-state index is 0.521. The van der Waals surface area contributed by atoms with Gasteiger partial charge in [-0.15, -0.1) is 0 Å². The number of hydrogen-bond donors (Lipinski definition) is 3. The molecule has 3 atom stereocenters. The Labute approximate surface area is 112 Å². The van der Waals surface area contributed by atoms with Gasteiger partial charge in [0.1, 0.15) is 5.82 Å². The van der Waals surface area contributed by atoms with Crippen molar-refractivity contribution < 1.29 is 0 Å². The molecular weight excluding hydrogens is 244 g/mol. The Bertz CT molecular complexity index is 445. The van der Waals surface area contributed by atoms with E-state index in [0.717, 1.165) is 17.5 Å². The summed E-state index contributed by atoms with van der Waals surface area (Å²) in [6.45, 7) is 0. The molecule has 3 rings (SSSR count). The Morgan fingerprint density at radius 2 is 2.22 bits per heavy atom. The monoisotopic (exact) mass is 262 g/mol. The van der Waals surface area contributed by atoms with Crippen LogP contribution in [0.15, 0.2) is 18.3 Å². The number of thiocarbonyl (C=S) groups is 1. The highest BCUT2D eigenvalue weighted by Crippen LogP contribution is 2.44. The predicted octanol–water partition coefficient (Wildman–Crippen LogP) is 2.14. The zero-order valence-corrected chi connectivity index (χ0v) is 11.0. The van der Waals surface area contributed by atoms with Crippen LogP contribution < -0.4 is 16.4 Å². The fourth-order valence-electron chi connectivity index (χ4n) is 3.24. The van der Waals surface area contributed by atoms with E-state index >= 15 is 0 Å². The van der Waals surface area contributed by atoms with Gasteiger partial charge in [-0.25, -0.2) is 4.98 Å². The predicted molar refractivity (Wildman–Crippen MR) is 77.2 cm³/mol. The molecule has 2 aliphatic carbocycles. The summed E-state index contributed by atoms with van der Waals surface area (Å²) in [7, 11) is 0. The Morgan fingerprint density at radius 3 is 2.83 bits per heavy atom. The smallest absolute Gasteiger partial charge is 0.171 e. The van der Waals surface area contributed by atoms with Gasteiger partial charge in [-0.3, -0.25) is 0 Å². The lowest BCUT2D eigenvalue weighted by molar-refractivity contribution is 0.392. The van der Waals surface area contributed by atoms with E-state index in [0.29, 0.717) is 17.0 Å².